The van der Waals surface area contributed by atoms with Crippen LogP contribution >= 0.6 is 11.6 Å². The molecule has 2 aromatic rings. The Balaban J connectivity index is 2.13. The second-order valence-corrected chi connectivity index (χ2v) is 3.67. The molecule has 0 bridgehead atoms. The van der Waals surface area contributed by atoms with Gasteiger partial charge >= 0.3 is 0 Å². The van der Waals surface area contributed by atoms with E-state index < -0.39 is 0 Å². The standard InChI is InChI=1S/C12H12ClN3O/c1-17-12-6-11(14-8-15-12)16-10-4-2-9(7-13)3-5-10/h2-6,8H,7H2,1H3,(H,14,15,16). The van der Waals surface area contributed by atoms with Crippen molar-refractivity contribution in [1.82, 2.24) is 9.97 Å². The number of halogens is 1. The Morgan fingerprint density at radius 1 is 1.24 bits per heavy atom. The molecule has 2 rings (SSSR count). The molecule has 0 fully saturated rings. The predicted octanol–water partition coefficient (Wildman–Crippen LogP) is 2.97. The van der Waals surface area contributed by atoms with Crippen LogP contribution in [0, 0.1) is 0 Å². The van der Waals surface area contributed by atoms with E-state index in [0.29, 0.717) is 17.6 Å². The first-order valence-corrected chi connectivity index (χ1v) is 5.63. The molecular weight excluding hydrogens is 238 g/mol. The van der Waals surface area contributed by atoms with E-state index >= 15 is 0 Å². The highest BCUT2D eigenvalue weighted by atomic mass is 35.5. The van der Waals surface area contributed by atoms with Crippen LogP contribution in [0.1, 0.15) is 5.56 Å². The normalized spacial score (nSPS) is 10.0. The zero-order chi connectivity index (χ0) is 12.1. The molecule has 0 amide bonds. The topological polar surface area (TPSA) is 47.0 Å². The smallest absolute Gasteiger partial charge is 0.218 e. The highest BCUT2D eigenvalue weighted by molar-refractivity contribution is 6.17. The highest BCUT2D eigenvalue weighted by Crippen LogP contribution is 2.18. The lowest BCUT2D eigenvalue weighted by Gasteiger charge is -2.06. The van der Waals surface area contributed by atoms with Gasteiger partial charge in [-0.2, -0.15) is 0 Å². The van der Waals surface area contributed by atoms with E-state index in [1.807, 2.05) is 24.3 Å². The molecule has 0 radical (unpaired) electrons. The van der Waals surface area contributed by atoms with E-state index in [2.05, 4.69) is 15.3 Å². The molecule has 0 spiro atoms. The number of nitrogens with zero attached hydrogens (tertiary/aromatic N) is 2. The SMILES string of the molecule is COc1cc(Nc2ccc(CCl)cc2)ncn1. The first-order chi connectivity index (χ1) is 8.31. The van der Waals surface area contributed by atoms with Crippen LogP contribution in [-0.2, 0) is 5.88 Å². The number of methoxy groups -OCH3 is 1. The molecule has 5 heteroatoms. The minimum absolute atomic E-state index is 0.515. The zero-order valence-electron chi connectivity index (χ0n) is 9.35. The Morgan fingerprint density at radius 2 is 2.00 bits per heavy atom. The average molecular weight is 250 g/mol. The van der Waals surface area contributed by atoms with Crippen LogP contribution in [0.5, 0.6) is 5.88 Å². The van der Waals surface area contributed by atoms with Gasteiger partial charge < -0.3 is 10.1 Å². The van der Waals surface area contributed by atoms with E-state index in [9.17, 15) is 0 Å². The fourth-order valence-electron chi connectivity index (χ4n) is 1.34. The van der Waals surface area contributed by atoms with Gasteiger partial charge in [0, 0.05) is 17.6 Å². The van der Waals surface area contributed by atoms with Crippen LogP contribution in [0.3, 0.4) is 0 Å². The number of rotatable bonds is 4. The quantitative estimate of drug-likeness (QED) is 0.847. The van der Waals surface area contributed by atoms with Gasteiger partial charge in [-0.05, 0) is 17.7 Å². The van der Waals surface area contributed by atoms with Crippen molar-refractivity contribution >= 4 is 23.1 Å². The molecule has 88 valence electrons. The first-order valence-electron chi connectivity index (χ1n) is 5.10. The predicted molar refractivity (Wildman–Crippen MR) is 67.9 cm³/mol. The number of ether oxygens (including phenoxy) is 1. The Kier molecular flexibility index (Phi) is 3.77. The number of anilines is 2. The molecule has 0 aliphatic heterocycles. The Labute approximate surface area is 105 Å². The summed E-state index contributed by atoms with van der Waals surface area (Å²) in [4.78, 5) is 8.03. The first kappa shape index (κ1) is 11.7. The number of aromatic nitrogens is 2. The Hall–Kier alpha value is -1.81. The lowest BCUT2D eigenvalue weighted by Crippen LogP contribution is -1.96. The minimum atomic E-state index is 0.515. The van der Waals surface area contributed by atoms with Crippen LogP contribution in [0.4, 0.5) is 11.5 Å². The van der Waals surface area contributed by atoms with Crippen molar-refractivity contribution in [1.29, 1.82) is 0 Å². The van der Waals surface area contributed by atoms with E-state index in [1.165, 1.54) is 6.33 Å². The van der Waals surface area contributed by atoms with Crippen LogP contribution in [-0.4, -0.2) is 17.1 Å². The number of alkyl halides is 1. The summed E-state index contributed by atoms with van der Waals surface area (Å²) in [6, 6.07) is 9.57. The van der Waals surface area contributed by atoms with Gasteiger partial charge in [-0.15, -0.1) is 11.6 Å². The van der Waals surface area contributed by atoms with Gasteiger partial charge in [-0.3, -0.25) is 0 Å². The second kappa shape index (κ2) is 5.50. The molecular formula is C12H12ClN3O. The molecule has 0 unspecified atom stereocenters. The lowest BCUT2D eigenvalue weighted by atomic mass is 10.2. The van der Waals surface area contributed by atoms with Gasteiger partial charge in [0.05, 0.1) is 7.11 Å². The maximum absolute atomic E-state index is 5.72. The van der Waals surface area contributed by atoms with Gasteiger partial charge in [0.2, 0.25) is 5.88 Å². The highest BCUT2D eigenvalue weighted by Gasteiger charge is 1.99. The summed E-state index contributed by atoms with van der Waals surface area (Å²) in [7, 11) is 1.57. The van der Waals surface area contributed by atoms with Crippen molar-refractivity contribution in [3.05, 3.63) is 42.2 Å². The summed E-state index contributed by atoms with van der Waals surface area (Å²) in [6.45, 7) is 0. The van der Waals surface area contributed by atoms with E-state index in [0.717, 1.165) is 11.3 Å². The van der Waals surface area contributed by atoms with E-state index in [4.69, 9.17) is 16.3 Å². The second-order valence-electron chi connectivity index (χ2n) is 3.40. The van der Waals surface area contributed by atoms with E-state index in [1.54, 1.807) is 13.2 Å². The number of hydrogen-bond acceptors (Lipinski definition) is 4. The molecule has 1 heterocycles. The van der Waals surface area contributed by atoms with Crippen molar-refractivity contribution in [2.24, 2.45) is 0 Å². The Bertz CT molecular complexity index is 487. The fourth-order valence-corrected chi connectivity index (χ4v) is 1.52. The fraction of sp³-hybridized carbons (Fsp3) is 0.167. The van der Waals surface area contributed by atoms with Gasteiger partial charge in [-0.1, -0.05) is 12.1 Å². The van der Waals surface area contributed by atoms with Crippen LogP contribution in [0.25, 0.3) is 0 Å². The van der Waals surface area contributed by atoms with Crippen molar-refractivity contribution in [2.75, 3.05) is 12.4 Å². The number of nitrogens with one attached hydrogen (secondary N) is 1. The van der Waals surface area contributed by atoms with Gasteiger partial charge in [0.15, 0.2) is 0 Å². The molecule has 0 saturated heterocycles. The van der Waals surface area contributed by atoms with Crippen LogP contribution in [0.2, 0.25) is 0 Å². The molecule has 1 aromatic carbocycles. The van der Waals surface area contributed by atoms with Crippen molar-refractivity contribution in [3.8, 4) is 5.88 Å². The maximum atomic E-state index is 5.72. The van der Waals surface area contributed by atoms with Crippen molar-refractivity contribution < 1.29 is 4.74 Å². The largest absolute Gasteiger partial charge is 0.481 e. The number of benzene rings is 1. The molecule has 0 aliphatic rings. The molecule has 0 aliphatic carbocycles. The molecule has 1 N–H and O–H groups in total. The minimum Gasteiger partial charge on any atom is -0.481 e. The van der Waals surface area contributed by atoms with Gasteiger partial charge in [0.25, 0.3) is 0 Å². The van der Waals surface area contributed by atoms with Crippen molar-refractivity contribution in [2.45, 2.75) is 5.88 Å². The summed E-state index contributed by atoms with van der Waals surface area (Å²) in [5, 5.41) is 3.16. The molecule has 0 saturated carbocycles. The van der Waals surface area contributed by atoms with E-state index in [-0.39, 0.29) is 0 Å². The van der Waals surface area contributed by atoms with Gasteiger partial charge in [0.1, 0.15) is 12.1 Å². The lowest BCUT2D eigenvalue weighted by molar-refractivity contribution is 0.397. The van der Waals surface area contributed by atoms with Gasteiger partial charge in [-0.25, -0.2) is 9.97 Å². The molecule has 0 atom stereocenters. The Morgan fingerprint density at radius 3 is 2.65 bits per heavy atom. The van der Waals surface area contributed by atoms with Crippen molar-refractivity contribution in [3.63, 3.8) is 0 Å². The third kappa shape index (κ3) is 3.07. The molecule has 4 nitrogen and oxygen atoms in total. The summed E-state index contributed by atoms with van der Waals surface area (Å²) in [5.74, 6) is 1.73. The third-order valence-electron chi connectivity index (χ3n) is 2.23. The molecule has 17 heavy (non-hydrogen) atoms. The summed E-state index contributed by atoms with van der Waals surface area (Å²) >= 11 is 5.72. The van der Waals surface area contributed by atoms with Crippen LogP contribution in [0.15, 0.2) is 36.7 Å². The number of hydrogen-bond donors (Lipinski definition) is 1. The summed E-state index contributed by atoms with van der Waals surface area (Å²) in [6.07, 6.45) is 1.45. The monoisotopic (exact) mass is 249 g/mol. The van der Waals surface area contributed by atoms with Crippen LogP contribution < -0.4 is 10.1 Å². The molecule has 1 aromatic heterocycles. The maximum Gasteiger partial charge on any atom is 0.218 e. The summed E-state index contributed by atoms with van der Waals surface area (Å²) in [5.41, 5.74) is 2.03. The summed E-state index contributed by atoms with van der Waals surface area (Å²) < 4.78 is 5.02. The zero-order valence-corrected chi connectivity index (χ0v) is 10.1. The average Bonchev–Trinajstić information content (AvgIpc) is 2.40. The third-order valence-corrected chi connectivity index (χ3v) is 2.54.